The second-order valence-corrected chi connectivity index (χ2v) is 6.68. The first-order valence-electron chi connectivity index (χ1n) is 6.70. The van der Waals surface area contributed by atoms with Crippen LogP contribution in [0.3, 0.4) is 0 Å². The molecule has 0 radical (unpaired) electrons. The van der Waals surface area contributed by atoms with Crippen molar-refractivity contribution in [2.45, 2.75) is 38.7 Å². The average Bonchev–Trinajstić information content (AvgIpc) is 2.37. The summed E-state index contributed by atoms with van der Waals surface area (Å²) in [4.78, 5) is 11.7. The average molecular weight is 317 g/mol. The van der Waals surface area contributed by atoms with Crippen molar-refractivity contribution in [2.75, 3.05) is 13.1 Å². The molecule has 0 aliphatic carbocycles. The summed E-state index contributed by atoms with van der Waals surface area (Å²) in [5.74, 6) is -0.404. The number of ether oxygens (including phenoxy) is 1. The van der Waals surface area contributed by atoms with Crippen molar-refractivity contribution in [3.05, 3.63) is 34.6 Å². The van der Waals surface area contributed by atoms with E-state index in [9.17, 15) is 9.18 Å². The highest BCUT2D eigenvalue weighted by molar-refractivity contribution is 6.30. The molecule has 3 N–H and O–H groups in total. The summed E-state index contributed by atoms with van der Waals surface area (Å²) in [6.07, 6.45) is -0.565. The lowest BCUT2D eigenvalue weighted by atomic mass is 9.82. The summed E-state index contributed by atoms with van der Waals surface area (Å²) < 4.78 is 19.1. The fourth-order valence-electron chi connectivity index (χ4n) is 1.82. The fraction of sp³-hybridized carbons (Fsp3) is 0.533. The maximum atomic E-state index is 14.0. The molecule has 0 aromatic heterocycles. The van der Waals surface area contributed by atoms with E-state index in [1.54, 1.807) is 27.7 Å². The van der Waals surface area contributed by atoms with Crippen molar-refractivity contribution in [2.24, 2.45) is 5.73 Å². The summed E-state index contributed by atoms with van der Waals surface area (Å²) in [5, 5.41) is 3.04. The number of carbonyl (C=O) groups is 1. The molecule has 1 atom stereocenters. The summed E-state index contributed by atoms with van der Waals surface area (Å²) in [5.41, 5.74) is 4.77. The monoisotopic (exact) mass is 316 g/mol. The van der Waals surface area contributed by atoms with E-state index in [-0.39, 0.29) is 13.1 Å². The van der Waals surface area contributed by atoms with Gasteiger partial charge >= 0.3 is 6.09 Å². The summed E-state index contributed by atoms with van der Waals surface area (Å²) in [7, 11) is 0. The molecule has 1 amide bonds. The van der Waals surface area contributed by atoms with E-state index in [0.29, 0.717) is 10.6 Å². The molecule has 1 unspecified atom stereocenters. The third-order valence-electron chi connectivity index (χ3n) is 3.05. The van der Waals surface area contributed by atoms with Crippen LogP contribution in [0.4, 0.5) is 9.18 Å². The molecule has 0 saturated heterocycles. The zero-order valence-corrected chi connectivity index (χ0v) is 13.6. The van der Waals surface area contributed by atoms with E-state index < -0.39 is 22.9 Å². The minimum Gasteiger partial charge on any atom is -0.444 e. The van der Waals surface area contributed by atoms with Crippen molar-refractivity contribution in [1.82, 2.24) is 5.32 Å². The van der Waals surface area contributed by atoms with Crippen LogP contribution in [-0.2, 0) is 10.2 Å². The number of halogens is 2. The normalized spacial score (nSPS) is 14.4. The third kappa shape index (κ3) is 5.17. The molecule has 0 fully saturated rings. The van der Waals surface area contributed by atoms with Crippen LogP contribution >= 0.6 is 11.6 Å². The van der Waals surface area contributed by atoms with Gasteiger partial charge in [0.1, 0.15) is 11.4 Å². The lowest BCUT2D eigenvalue weighted by Crippen LogP contribution is -2.45. The van der Waals surface area contributed by atoms with Crippen molar-refractivity contribution in [3.63, 3.8) is 0 Å². The zero-order valence-electron chi connectivity index (χ0n) is 12.8. The van der Waals surface area contributed by atoms with E-state index in [0.717, 1.165) is 0 Å². The maximum absolute atomic E-state index is 14.0. The number of hydrogen-bond acceptors (Lipinski definition) is 3. The topological polar surface area (TPSA) is 64.3 Å². The van der Waals surface area contributed by atoms with Gasteiger partial charge in [-0.25, -0.2) is 9.18 Å². The molecule has 21 heavy (non-hydrogen) atoms. The molecule has 0 heterocycles. The molecule has 6 heteroatoms. The smallest absolute Gasteiger partial charge is 0.407 e. The van der Waals surface area contributed by atoms with Crippen molar-refractivity contribution in [1.29, 1.82) is 0 Å². The number of nitrogens with two attached hydrogens (primary N) is 1. The van der Waals surface area contributed by atoms with Crippen LogP contribution in [0.25, 0.3) is 0 Å². The van der Waals surface area contributed by atoms with Crippen LogP contribution in [0.2, 0.25) is 5.02 Å². The number of hydrogen-bond donors (Lipinski definition) is 2. The van der Waals surface area contributed by atoms with Gasteiger partial charge in [0.25, 0.3) is 0 Å². The molecule has 4 nitrogen and oxygen atoms in total. The van der Waals surface area contributed by atoms with Gasteiger partial charge < -0.3 is 15.8 Å². The summed E-state index contributed by atoms with van der Waals surface area (Å²) in [6.45, 7) is 7.37. The molecule has 0 aliphatic heterocycles. The molecular weight excluding hydrogens is 295 g/mol. The molecule has 0 spiro atoms. The van der Waals surface area contributed by atoms with Crippen molar-refractivity contribution < 1.29 is 13.9 Å². The SMILES string of the molecule is CC(C)(C)OC(=O)NCC(C)(CN)c1cc(Cl)ccc1F. The molecule has 0 bridgehead atoms. The predicted molar refractivity (Wildman–Crippen MR) is 82.1 cm³/mol. The lowest BCUT2D eigenvalue weighted by molar-refractivity contribution is 0.0516. The van der Waals surface area contributed by atoms with Gasteiger partial charge in [-0.3, -0.25) is 0 Å². The van der Waals surface area contributed by atoms with Gasteiger partial charge in [-0.2, -0.15) is 0 Å². The van der Waals surface area contributed by atoms with Gasteiger partial charge in [0.2, 0.25) is 0 Å². The van der Waals surface area contributed by atoms with Crippen LogP contribution in [0.5, 0.6) is 0 Å². The first kappa shape index (κ1) is 17.7. The Labute approximate surface area is 129 Å². The number of nitrogens with one attached hydrogen (secondary N) is 1. The minimum atomic E-state index is -0.772. The second kappa shape index (κ2) is 6.62. The van der Waals surface area contributed by atoms with Crippen LogP contribution < -0.4 is 11.1 Å². The number of alkyl carbamates (subject to hydrolysis) is 1. The van der Waals surface area contributed by atoms with Crippen LogP contribution in [-0.4, -0.2) is 24.8 Å². The molecule has 1 aromatic carbocycles. The van der Waals surface area contributed by atoms with Gasteiger partial charge in [-0.1, -0.05) is 18.5 Å². The van der Waals surface area contributed by atoms with E-state index in [2.05, 4.69) is 5.32 Å². The Bertz CT molecular complexity index is 517. The largest absolute Gasteiger partial charge is 0.444 e. The number of rotatable bonds is 4. The Morgan fingerprint density at radius 2 is 2.00 bits per heavy atom. The highest BCUT2D eigenvalue weighted by Crippen LogP contribution is 2.27. The summed E-state index contributed by atoms with van der Waals surface area (Å²) in [6, 6.07) is 4.29. The van der Waals surface area contributed by atoms with E-state index in [1.165, 1.54) is 18.2 Å². The Morgan fingerprint density at radius 3 is 2.52 bits per heavy atom. The van der Waals surface area contributed by atoms with E-state index in [1.807, 2.05) is 0 Å². The Kier molecular flexibility index (Phi) is 5.59. The molecular formula is C15H22ClFN2O2. The third-order valence-corrected chi connectivity index (χ3v) is 3.29. The van der Waals surface area contributed by atoms with Gasteiger partial charge in [0, 0.05) is 23.5 Å². The number of carbonyl (C=O) groups excluding carboxylic acids is 1. The molecule has 118 valence electrons. The Hall–Kier alpha value is -1.33. The first-order valence-corrected chi connectivity index (χ1v) is 7.08. The highest BCUT2D eigenvalue weighted by atomic mass is 35.5. The van der Waals surface area contributed by atoms with Gasteiger partial charge in [0.15, 0.2) is 0 Å². The van der Waals surface area contributed by atoms with Gasteiger partial charge in [0.05, 0.1) is 0 Å². The lowest BCUT2D eigenvalue weighted by Gasteiger charge is -2.30. The number of amides is 1. The second-order valence-electron chi connectivity index (χ2n) is 6.24. The standard InChI is InChI=1S/C15H22ClFN2O2/c1-14(2,3)21-13(20)19-9-15(4,8-18)11-7-10(16)5-6-12(11)17/h5-7H,8-9,18H2,1-4H3,(H,19,20). The minimum absolute atomic E-state index is 0.148. The fourth-order valence-corrected chi connectivity index (χ4v) is 1.99. The Balaban J connectivity index is 2.86. The maximum Gasteiger partial charge on any atom is 0.407 e. The molecule has 0 saturated carbocycles. The Morgan fingerprint density at radius 1 is 1.38 bits per heavy atom. The van der Waals surface area contributed by atoms with Crippen molar-refractivity contribution in [3.8, 4) is 0 Å². The van der Waals surface area contributed by atoms with Gasteiger partial charge in [-0.05, 0) is 44.5 Å². The quantitative estimate of drug-likeness (QED) is 0.896. The predicted octanol–water partition coefficient (Wildman–Crippen LogP) is 3.22. The molecule has 1 rings (SSSR count). The van der Waals surface area contributed by atoms with Crippen LogP contribution in [0.15, 0.2) is 18.2 Å². The number of benzene rings is 1. The summed E-state index contributed by atoms with van der Waals surface area (Å²) >= 11 is 5.91. The van der Waals surface area contributed by atoms with E-state index >= 15 is 0 Å². The first-order chi connectivity index (χ1) is 9.57. The van der Waals surface area contributed by atoms with Crippen LogP contribution in [0, 0.1) is 5.82 Å². The van der Waals surface area contributed by atoms with Crippen LogP contribution in [0.1, 0.15) is 33.3 Å². The molecule has 0 aliphatic rings. The van der Waals surface area contributed by atoms with E-state index in [4.69, 9.17) is 22.1 Å². The molecule has 1 aromatic rings. The van der Waals surface area contributed by atoms with Gasteiger partial charge in [-0.15, -0.1) is 0 Å². The zero-order chi connectivity index (χ0) is 16.3. The van der Waals surface area contributed by atoms with Crippen molar-refractivity contribution >= 4 is 17.7 Å². The highest BCUT2D eigenvalue weighted by Gasteiger charge is 2.30.